The highest BCUT2D eigenvalue weighted by molar-refractivity contribution is 7.08. The minimum absolute atomic E-state index is 0.134. The molecular weight excluding hydrogens is 337 g/mol. The summed E-state index contributed by atoms with van der Waals surface area (Å²) in [5.74, 6) is -0.134. The van der Waals surface area contributed by atoms with Crippen molar-refractivity contribution in [1.82, 2.24) is 15.1 Å². The summed E-state index contributed by atoms with van der Waals surface area (Å²) in [4.78, 5) is 2.25. The van der Waals surface area contributed by atoms with Gasteiger partial charge >= 0.3 is 0 Å². The number of benzene rings is 1. The zero-order valence-electron chi connectivity index (χ0n) is 13.7. The van der Waals surface area contributed by atoms with Crippen molar-refractivity contribution in [2.75, 3.05) is 26.3 Å². The second-order valence-corrected chi connectivity index (χ2v) is 7.38. The second-order valence-electron chi connectivity index (χ2n) is 6.60. The van der Waals surface area contributed by atoms with Crippen LogP contribution in [-0.4, -0.2) is 41.4 Å². The van der Waals surface area contributed by atoms with Crippen LogP contribution in [0.25, 0.3) is 22.5 Å². The molecule has 1 aromatic carbocycles. The van der Waals surface area contributed by atoms with Gasteiger partial charge in [-0.15, -0.1) is 0 Å². The lowest BCUT2D eigenvalue weighted by Gasteiger charge is -2.26. The van der Waals surface area contributed by atoms with Gasteiger partial charge in [0.2, 0.25) is 0 Å². The van der Waals surface area contributed by atoms with Crippen LogP contribution >= 0.6 is 11.3 Å². The summed E-state index contributed by atoms with van der Waals surface area (Å²) in [7, 11) is 0. The number of fused-ring (bicyclic) bond motifs is 3. The smallest absolute Gasteiger partial charge is 0.128 e. The molecule has 3 aromatic rings. The van der Waals surface area contributed by atoms with Crippen LogP contribution in [0, 0.1) is 5.82 Å². The second kappa shape index (κ2) is 6.05. The highest BCUT2D eigenvalue weighted by Crippen LogP contribution is 2.41. The highest BCUT2D eigenvalue weighted by atomic mass is 32.1. The molecule has 2 aromatic heterocycles. The van der Waals surface area contributed by atoms with Gasteiger partial charge in [0, 0.05) is 53.7 Å². The van der Waals surface area contributed by atoms with Gasteiger partial charge in [-0.05, 0) is 23.1 Å². The monoisotopic (exact) mass is 355 g/mol. The molecule has 4 nitrogen and oxygen atoms in total. The average molecular weight is 355 g/mol. The van der Waals surface area contributed by atoms with E-state index in [1.165, 1.54) is 11.1 Å². The molecule has 2 aliphatic rings. The van der Waals surface area contributed by atoms with Crippen LogP contribution < -0.4 is 0 Å². The Bertz CT molecular complexity index is 913. The van der Waals surface area contributed by atoms with E-state index in [2.05, 4.69) is 31.9 Å². The number of nitrogens with one attached hydrogen (secondary N) is 1. The van der Waals surface area contributed by atoms with Crippen molar-refractivity contribution in [3.05, 3.63) is 51.5 Å². The Morgan fingerprint density at radius 3 is 2.96 bits per heavy atom. The lowest BCUT2D eigenvalue weighted by atomic mass is 10.0. The fourth-order valence-corrected chi connectivity index (χ4v) is 4.40. The number of nitrogens with zero attached hydrogens (tertiary/aromatic N) is 2. The molecule has 1 fully saturated rings. The molecule has 1 saturated heterocycles. The van der Waals surface area contributed by atoms with E-state index in [0.29, 0.717) is 6.54 Å². The quantitative estimate of drug-likeness (QED) is 0.609. The fourth-order valence-electron chi connectivity index (χ4n) is 3.76. The van der Waals surface area contributed by atoms with E-state index >= 15 is 0 Å². The van der Waals surface area contributed by atoms with Gasteiger partial charge in [0.05, 0.1) is 24.6 Å². The number of ether oxygens (including phenoxy) is 1. The molecule has 0 amide bonds. The Morgan fingerprint density at radius 1 is 1.28 bits per heavy atom. The molecule has 0 bridgehead atoms. The van der Waals surface area contributed by atoms with Gasteiger partial charge in [-0.25, -0.2) is 4.39 Å². The topological polar surface area (TPSA) is 41.1 Å². The number of thiophene rings is 1. The third-order valence-electron chi connectivity index (χ3n) is 5.07. The zero-order valence-corrected chi connectivity index (χ0v) is 14.5. The highest BCUT2D eigenvalue weighted by Gasteiger charge is 2.27. The van der Waals surface area contributed by atoms with Gasteiger partial charge in [0.15, 0.2) is 0 Å². The van der Waals surface area contributed by atoms with Crippen LogP contribution in [-0.2, 0) is 17.7 Å². The predicted octanol–water partition coefficient (Wildman–Crippen LogP) is 3.68. The number of hydrogen-bond donors (Lipinski definition) is 1. The SMILES string of the molecule is Fc1cc2c(cc1CN1CCOCC1)Cc1c(-c3ccsc3)n[nH]c1-2. The van der Waals surface area contributed by atoms with Crippen molar-refractivity contribution in [2.45, 2.75) is 13.0 Å². The molecule has 1 aliphatic heterocycles. The molecular formula is C19H18FN3OS. The van der Waals surface area contributed by atoms with Crippen LogP contribution in [0.1, 0.15) is 16.7 Å². The predicted molar refractivity (Wildman–Crippen MR) is 96.2 cm³/mol. The van der Waals surface area contributed by atoms with Crippen molar-refractivity contribution >= 4 is 11.3 Å². The molecule has 6 heteroatoms. The maximum Gasteiger partial charge on any atom is 0.128 e. The summed E-state index contributed by atoms with van der Waals surface area (Å²) >= 11 is 1.66. The van der Waals surface area contributed by atoms with Gasteiger partial charge < -0.3 is 4.74 Å². The normalized spacial score (nSPS) is 16.8. The molecule has 0 radical (unpaired) electrons. The standard InChI is InChI=1S/C19H18FN3OS/c20-17-9-15-13(7-14(17)10-23-2-4-24-5-3-23)8-16-18(21-22-19(15)16)12-1-6-25-11-12/h1,6-7,9,11H,2-5,8,10H2,(H,21,22). The van der Waals surface area contributed by atoms with Crippen molar-refractivity contribution in [2.24, 2.45) is 0 Å². The summed E-state index contributed by atoms with van der Waals surface area (Å²) in [6.07, 6.45) is 0.808. The van der Waals surface area contributed by atoms with Gasteiger partial charge in [0.1, 0.15) is 5.82 Å². The Morgan fingerprint density at radius 2 is 2.16 bits per heavy atom. The molecule has 5 rings (SSSR count). The number of hydrogen-bond acceptors (Lipinski definition) is 4. The number of aromatic amines is 1. The summed E-state index contributed by atoms with van der Waals surface area (Å²) in [6.45, 7) is 3.83. The van der Waals surface area contributed by atoms with E-state index in [1.807, 2.05) is 6.07 Å². The first kappa shape index (κ1) is 15.3. The van der Waals surface area contributed by atoms with Gasteiger partial charge in [0.25, 0.3) is 0 Å². The molecule has 25 heavy (non-hydrogen) atoms. The number of aromatic nitrogens is 2. The summed E-state index contributed by atoms with van der Waals surface area (Å²) < 4.78 is 20.1. The summed E-state index contributed by atoms with van der Waals surface area (Å²) in [5, 5.41) is 11.7. The van der Waals surface area contributed by atoms with Crippen LogP contribution in [0.2, 0.25) is 0 Å². The van der Waals surface area contributed by atoms with Crippen LogP contribution in [0.15, 0.2) is 29.0 Å². The fraction of sp³-hybridized carbons (Fsp3) is 0.316. The van der Waals surface area contributed by atoms with E-state index < -0.39 is 0 Å². The van der Waals surface area contributed by atoms with Gasteiger partial charge in [-0.1, -0.05) is 6.07 Å². The zero-order chi connectivity index (χ0) is 16.8. The number of morpholine rings is 1. The van der Waals surface area contributed by atoms with Crippen molar-refractivity contribution in [1.29, 1.82) is 0 Å². The molecule has 0 unspecified atom stereocenters. The molecule has 128 valence electrons. The third-order valence-corrected chi connectivity index (χ3v) is 5.75. The maximum atomic E-state index is 14.7. The van der Waals surface area contributed by atoms with Gasteiger partial charge in [-0.3, -0.25) is 10.00 Å². The Labute approximate surface area is 149 Å². The molecule has 3 heterocycles. The Balaban J connectivity index is 1.48. The molecule has 1 N–H and O–H groups in total. The lowest BCUT2D eigenvalue weighted by molar-refractivity contribution is 0.0337. The van der Waals surface area contributed by atoms with Crippen LogP contribution in [0.5, 0.6) is 0 Å². The molecule has 1 aliphatic carbocycles. The molecule has 0 saturated carbocycles. The van der Waals surface area contributed by atoms with Crippen molar-refractivity contribution < 1.29 is 9.13 Å². The van der Waals surface area contributed by atoms with Crippen LogP contribution in [0.4, 0.5) is 4.39 Å². The number of halogens is 1. The van der Waals surface area contributed by atoms with Crippen molar-refractivity contribution in [3.63, 3.8) is 0 Å². The largest absolute Gasteiger partial charge is 0.379 e. The Hall–Kier alpha value is -2.02. The lowest BCUT2D eigenvalue weighted by Crippen LogP contribution is -2.35. The van der Waals surface area contributed by atoms with Crippen molar-refractivity contribution in [3.8, 4) is 22.5 Å². The first-order valence-corrected chi connectivity index (χ1v) is 9.45. The number of H-pyrrole nitrogens is 1. The molecule has 0 spiro atoms. The average Bonchev–Trinajstić information content (AvgIpc) is 3.33. The molecule has 0 atom stereocenters. The minimum Gasteiger partial charge on any atom is -0.379 e. The van der Waals surface area contributed by atoms with E-state index in [-0.39, 0.29) is 5.82 Å². The summed E-state index contributed by atoms with van der Waals surface area (Å²) in [5.41, 5.74) is 7.17. The first-order chi connectivity index (χ1) is 12.3. The van der Waals surface area contributed by atoms with E-state index in [1.54, 1.807) is 17.4 Å². The Kier molecular flexibility index (Phi) is 3.69. The van der Waals surface area contributed by atoms with Gasteiger partial charge in [-0.2, -0.15) is 16.4 Å². The maximum absolute atomic E-state index is 14.7. The minimum atomic E-state index is -0.134. The first-order valence-electron chi connectivity index (χ1n) is 8.51. The van der Waals surface area contributed by atoms with Crippen LogP contribution in [0.3, 0.4) is 0 Å². The van der Waals surface area contributed by atoms with E-state index in [9.17, 15) is 4.39 Å². The summed E-state index contributed by atoms with van der Waals surface area (Å²) in [6, 6.07) is 5.78. The number of rotatable bonds is 3. The van der Waals surface area contributed by atoms with E-state index in [4.69, 9.17) is 4.74 Å². The van der Waals surface area contributed by atoms with E-state index in [0.717, 1.165) is 60.8 Å². The third kappa shape index (κ3) is 2.61.